The highest BCUT2D eigenvalue weighted by molar-refractivity contribution is 5.69. The first kappa shape index (κ1) is 10.4. The zero-order valence-corrected chi connectivity index (χ0v) is 8.92. The number of rotatable bonds is 3. The molecule has 0 fully saturated rings. The fourth-order valence-electron chi connectivity index (χ4n) is 1.54. The van der Waals surface area contributed by atoms with Gasteiger partial charge in [0.25, 0.3) is 0 Å². The average Bonchev–Trinajstić information content (AvgIpc) is 2.66. The molecular formula is C12H12N2O2. The second-order valence-corrected chi connectivity index (χ2v) is 3.64. The van der Waals surface area contributed by atoms with E-state index in [1.807, 2.05) is 31.2 Å². The average molecular weight is 216 g/mol. The largest absolute Gasteiger partial charge is 0.481 e. The van der Waals surface area contributed by atoms with Gasteiger partial charge in [0.15, 0.2) is 0 Å². The highest BCUT2D eigenvalue weighted by atomic mass is 16.4. The molecule has 4 nitrogen and oxygen atoms in total. The SMILES string of the molecule is Cc1ccc(-n2nccc2CC(=O)O)cc1. The molecule has 0 spiro atoms. The predicted octanol–water partition coefficient (Wildman–Crippen LogP) is 1.81. The van der Waals surface area contributed by atoms with Crippen LogP contribution in [0.1, 0.15) is 11.3 Å². The summed E-state index contributed by atoms with van der Waals surface area (Å²) in [5.74, 6) is -0.853. The van der Waals surface area contributed by atoms with E-state index in [-0.39, 0.29) is 6.42 Å². The van der Waals surface area contributed by atoms with Crippen molar-refractivity contribution in [2.24, 2.45) is 0 Å². The third-order valence-corrected chi connectivity index (χ3v) is 2.33. The van der Waals surface area contributed by atoms with E-state index < -0.39 is 5.97 Å². The molecule has 0 saturated heterocycles. The summed E-state index contributed by atoms with van der Waals surface area (Å²) in [6, 6.07) is 9.51. The van der Waals surface area contributed by atoms with Crippen LogP contribution < -0.4 is 0 Å². The van der Waals surface area contributed by atoms with Crippen LogP contribution in [0, 0.1) is 6.92 Å². The van der Waals surface area contributed by atoms with Gasteiger partial charge in [0, 0.05) is 6.20 Å². The highest BCUT2D eigenvalue weighted by Gasteiger charge is 2.08. The topological polar surface area (TPSA) is 55.1 Å². The van der Waals surface area contributed by atoms with Crippen LogP contribution in [0.4, 0.5) is 0 Å². The molecule has 0 radical (unpaired) electrons. The summed E-state index contributed by atoms with van der Waals surface area (Å²) in [4.78, 5) is 10.7. The van der Waals surface area contributed by atoms with E-state index in [0.29, 0.717) is 5.69 Å². The molecule has 2 aromatic rings. The Bertz CT molecular complexity index is 500. The van der Waals surface area contributed by atoms with Crippen LogP contribution in [0.25, 0.3) is 5.69 Å². The quantitative estimate of drug-likeness (QED) is 0.851. The van der Waals surface area contributed by atoms with Crippen molar-refractivity contribution in [3.05, 3.63) is 47.8 Å². The monoisotopic (exact) mass is 216 g/mol. The zero-order chi connectivity index (χ0) is 11.5. The number of aromatic nitrogens is 2. The summed E-state index contributed by atoms with van der Waals surface area (Å²) in [6.45, 7) is 2.00. The van der Waals surface area contributed by atoms with Crippen LogP contribution in [0.5, 0.6) is 0 Å². The van der Waals surface area contributed by atoms with Crippen LogP contribution in [0.3, 0.4) is 0 Å². The Kier molecular flexibility index (Phi) is 2.72. The van der Waals surface area contributed by atoms with Crippen molar-refractivity contribution in [1.82, 2.24) is 9.78 Å². The second-order valence-electron chi connectivity index (χ2n) is 3.64. The van der Waals surface area contributed by atoms with Crippen molar-refractivity contribution in [3.8, 4) is 5.69 Å². The van der Waals surface area contributed by atoms with E-state index >= 15 is 0 Å². The van der Waals surface area contributed by atoms with E-state index in [0.717, 1.165) is 11.3 Å². The fraction of sp³-hybridized carbons (Fsp3) is 0.167. The molecular weight excluding hydrogens is 204 g/mol. The molecule has 0 amide bonds. The van der Waals surface area contributed by atoms with Crippen molar-refractivity contribution in [2.45, 2.75) is 13.3 Å². The Morgan fingerprint density at radius 1 is 1.31 bits per heavy atom. The lowest BCUT2D eigenvalue weighted by molar-refractivity contribution is -0.136. The van der Waals surface area contributed by atoms with Gasteiger partial charge in [-0.2, -0.15) is 5.10 Å². The number of aryl methyl sites for hydroxylation is 1. The molecule has 0 unspecified atom stereocenters. The number of benzene rings is 1. The summed E-state index contributed by atoms with van der Waals surface area (Å²) in [5.41, 5.74) is 2.72. The summed E-state index contributed by atoms with van der Waals surface area (Å²) in [5, 5.41) is 12.9. The number of hydrogen-bond acceptors (Lipinski definition) is 2. The van der Waals surface area contributed by atoms with Gasteiger partial charge in [-0.15, -0.1) is 0 Å². The van der Waals surface area contributed by atoms with E-state index in [2.05, 4.69) is 5.10 Å². The molecule has 1 aromatic heterocycles. The molecule has 0 aliphatic heterocycles. The Morgan fingerprint density at radius 2 is 2.00 bits per heavy atom. The Hall–Kier alpha value is -2.10. The minimum absolute atomic E-state index is 0.0200. The molecule has 1 heterocycles. The molecule has 16 heavy (non-hydrogen) atoms. The minimum Gasteiger partial charge on any atom is -0.481 e. The number of nitrogens with zero attached hydrogens (tertiary/aromatic N) is 2. The molecule has 4 heteroatoms. The van der Waals surface area contributed by atoms with Gasteiger partial charge in [-0.05, 0) is 25.1 Å². The van der Waals surface area contributed by atoms with E-state index in [1.165, 1.54) is 0 Å². The Morgan fingerprint density at radius 3 is 2.62 bits per heavy atom. The Balaban J connectivity index is 2.36. The summed E-state index contributed by atoms with van der Waals surface area (Å²) < 4.78 is 1.65. The molecule has 0 saturated carbocycles. The summed E-state index contributed by atoms with van der Waals surface area (Å²) in [7, 11) is 0. The van der Waals surface area contributed by atoms with Gasteiger partial charge in [-0.3, -0.25) is 4.79 Å². The number of aliphatic carboxylic acids is 1. The smallest absolute Gasteiger partial charge is 0.309 e. The number of carbonyl (C=O) groups is 1. The van der Waals surface area contributed by atoms with Gasteiger partial charge in [0.2, 0.25) is 0 Å². The number of hydrogen-bond donors (Lipinski definition) is 1. The summed E-state index contributed by atoms with van der Waals surface area (Å²) in [6.07, 6.45) is 1.59. The number of carboxylic acids is 1. The van der Waals surface area contributed by atoms with Gasteiger partial charge >= 0.3 is 5.97 Å². The first-order chi connectivity index (χ1) is 7.66. The maximum Gasteiger partial charge on any atom is 0.309 e. The third-order valence-electron chi connectivity index (χ3n) is 2.33. The first-order valence-corrected chi connectivity index (χ1v) is 4.98. The van der Waals surface area contributed by atoms with Gasteiger partial charge in [-0.25, -0.2) is 4.68 Å². The van der Waals surface area contributed by atoms with Crippen LogP contribution >= 0.6 is 0 Å². The van der Waals surface area contributed by atoms with Crippen molar-refractivity contribution in [3.63, 3.8) is 0 Å². The van der Waals surface area contributed by atoms with Crippen LogP contribution in [0.2, 0.25) is 0 Å². The van der Waals surface area contributed by atoms with Crippen molar-refractivity contribution < 1.29 is 9.90 Å². The highest BCUT2D eigenvalue weighted by Crippen LogP contribution is 2.11. The van der Waals surface area contributed by atoms with Crippen LogP contribution in [-0.2, 0) is 11.2 Å². The van der Waals surface area contributed by atoms with E-state index in [1.54, 1.807) is 16.9 Å². The zero-order valence-electron chi connectivity index (χ0n) is 8.92. The van der Waals surface area contributed by atoms with Crippen molar-refractivity contribution in [2.75, 3.05) is 0 Å². The van der Waals surface area contributed by atoms with Gasteiger partial charge in [-0.1, -0.05) is 17.7 Å². The molecule has 0 aliphatic carbocycles. The molecule has 0 atom stereocenters. The maximum absolute atomic E-state index is 10.7. The van der Waals surface area contributed by atoms with Crippen LogP contribution in [0.15, 0.2) is 36.5 Å². The molecule has 1 N–H and O–H groups in total. The lowest BCUT2D eigenvalue weighted by atomic mass is 10.2. The minimum atomic E-state index is -0.853. The fourth-order valence-corrected chi connectivity index (χ4v) is 1.54. The molecule has 1 aromatic carbocycles. The molecule has 2 rings (SSSR count). The van der Waals surface area contributed by atoms with Crippen molar-refractivity contribution >= 4 is 5.97 Å². The Labute approximate surface area is 93.1 Å². The summed E-state index contributed by atoms with van der Waals surface area (Å²) >= 11 is 0. The van der Waals surface area contributed by atoms with Gasteiger partial charge in [0.1, 0.15) is 0 Å². The van der Waals surface area contributed by atoms with Gasteiger partial charge < -0.3 is 5.11 Å². The third kappa shape index (κ3) is 2.11. The lowest BCUT2D eigenvalue weighted by Crippen LogP contribution is -2.07. The van der Waals surface area contributed by atoms with Crippen molar-refractivity contribution in [1.29, 1.82) is 0 Å². The molecule has 82 valence electrons. The standard InChI is InChI=1S/C12H12N2O2/c1-9-2-4-10(5-3-9)14-11(6-7-13-14)8-12(15)16/h2-7H,8H2,1H3,(H,15,16). The second kappa shape index (κ2) is 4.18. The number of carboxylic acid groups (broad SMARTS) is 1. The molecule has 0 aliphatic rings. The van der Waals surface area contributed by atoms with E-state index in [4.69, 9.17) is 5.11 Å². The van der Waals surface area contributed by atoms with Gasteiger partial charge in [0.05, 0.1) is 17.8 Å². The first-order valence-electron chi connectivity index (χ1n) is 4.98. The van der Waals surface area contributed by atoms with Crippen LogP contribution in [-0.4, -0.2) is 20.9 Å². The normalized spacial score (nSPS) is 10.3. The maximum atomic E-state index is 10.7. The lowest BCUT2D eigenvalue weighted by Gasteiger charge is -2.05. The molecule has 0 bridgehead atoms. The van der Waals surface area contributed by atoms with E-state index in [9.17, 15) is 4.79 Å². The predicted molar refractivity (Wildman–Crippen MR) is 59.6 cm³/mol.